The van der Waals surface area contributed by atoms with Crippen LogP contribution in [-0.4, -0.2) is 56.0 Å². The Kier molecular flexibility index (Phi) is 9.04. The Bertz CT molecular complexity index is 721. The molecule has 29 heavy (non-hydrogen) atoms. The Balaban J connectivity index is 0.00000300. The van der Waals surface area contributed by atoms with E-state index in [2.05, 4.69) is 47.7 Å². The molecule has 2 aliphatic heterocycles. The number of aliphatic imine (C=N–C) groups is 1. The molecule has 3 rings (SSSR count). The summed E-state index contributed by atoms with van der Waals surface area (Å²) in [6.45, 7) is 10.2. The van der Waals surface area contributed by atoms with Gasteiger partial charge in [0.2, 0.25) is 5.91 Å². The molecule has 7 heteroatoms. The lowest BCUT2D eigenvalue weighted by atomic mass is 10.00. The molecule has 2 aliphatic rings. The number of rotatable bonds is 5. The van der Waals surface area contributed by atoms with Crippen molar-refractivity contribution in [2.45, 2.75) is 52.6 Å². The summed E-state index contributed by atoms with van der Waals surface area (Å²) < 4.78 is 0. The Morgan fingerprint density at radius 2 is 2.10 bits per heavy atom. The van der Waals surface area contributed by atoms with Gasteiger partial charge in [-0.25, -0.2) is 4.99 Å². The van der Waals surface area contributed by atoms with Crippen molar-refractivity contribution in [3.63, 3.8) is 0 Å². The van der Waals surface area contributed by atoms with Gasteiger partial charge < -0.3 is 20.4 Å². The quantitative estimate of drug-likeness (QED) is 0.361. The van der Waals surface area contributed by atoms with E-state index in [0.29, 0.717) is 6.54 Å². The van der Waals surface area contributed by atoms with Gasteiger partial charge in [-0.15, -0.1) is 24.0 Å². The largest absolute Gasteiger partial charge is 0.374 e. The molecular weight excluding hydrogens is 477 g/mol. The van der Waals surface area contributed by atoms with Crippen molar-refractivity contribution in [1.82, 2.24) is 15.5 Å². The second kappa shape index (κ2) is 11.0. The second-order valence-electron chi connectivity index (χ2n) is 8.25. The van der Waals surface area contributed by atoms with Crippen LogP contribution in [0.1, 0.15) is 44.7 Å². The van der Waals surface area contributed by atoms with E-state index >= 15 is 0 Å². The lowest BCUT2D eigenvalue weighted by molar-refractivity contribution is -0.133. The molecule has 1 saturated heterocycles. The van der Waals surface area contributed by atoms with Crippen LogP contribution in [0.5, 0.6) is 0 Å². The van der Waals surface area contributed by atoms with Crippen LogP contribution in [0.4, 0.5) is 5.69 Å². The van der Waals surface area contributed by atoms with E-state index in [1.807, 2.05) is 18.7 Å². The first kappa shape index (κ1) is 23.8. The molecule has 1 aromatic carbocycles. The summed E-state index contributed by atoms with van der Waals surface area (Å²) in [4.78, 5) is 21.3. The van der Waals surface area contributed by atoms with Gasteiger partial charge in [-0.2, -0.15) is 0 Å². The monoisotopic (exact) mass is 513 g/mol. The first-order chi connectivity index (χ1) is 13.5. The fourth-order valence-electron chi connectivity index (χ4n) is 4.06. The zero-order valence-electron chi connectivity index (χ0n) is 18.2. The van der Waals surface area contributed by atoms with Crippen LogP contribution in [0.25, 0.3) is 0 Å². The summed E-state index contributed by atoms with van der Waals surface area (Å²) in [7, 11) is 2.16. The molecule has 1 fully saturated rings. The number of benzene rings is 1. The Morgan fingerprint density at radius 3 is 2.83 bits per heavy atom. The molecule has 0 bridgehead atoms. The highest BCUT2D eigenvalue weighted by atomic mass is 127. The highest BCUT2D eigenvalue weighted by Crippen LogP contribution is 2.27. The summed E-state index contributed by atoms with van der Waals surface area (Å²) in [5.74, 6) is 1.13. The predicted octanol–water partition coefficient (Wildman–Crippen LogP) is 3.00. The van der Waals surface area contributed by atoms with Crippen LogP contribution in [0.2, 0.25) is 0 Å². The summed E-state index contributed by atoms with van der Waals surface area (Å²) in [6.07, 6.45) is 3.33. The third-order valence-corrected chi connectivity index (χ3v) is 5.59. The number of aryl methyl sites for hydroxylation is 1. The third kappa shape index (κ3) is 6.23. The minimum atomic E-state index is 0. The molecule has 0 spiro atoms. The number of fused-ring (bicyclic) bond motifs is 1. The van der Waals surface area contributed by atoms with Crippen LogP contribution in [0, 0.1) is 5.92 Å². The van der Waals surface area contributed by atoms with Gasteiger partial charge >= 0.3 is 0 Å². The number of likely N-dealkylation sites (tertiary alicyclic amines) is 1. The number of amides is 1. The molecular formula is C22H36IN5O. The van der Waals surface area contributed by atoms with E-state index in [4.69, 9.17) is 4.99 Å². The lowest BCUT2D eigenvalue weighted by Gasteiger charge is -2.27. The molecule has 1 unspecified atom stereocenters. The summed E-state index contributed by atoms with van der Waals surface area (Å²) in [6, 6.07) is 6.98. The average Bonchev–Trinajstić information content (AvgIpc) is 3.14. The number of nitrogens with one attached hydrogen (secondary N) is 2. The van der Waals surface area contributed by atoms with Gasteiger partial charge in [-0.3, -0.25) is 4.79 Å². The van der Waals surface area contributed by atoms with Crippen molar-refractivity contribution in [3.8, 4) is 0 Å². The molecule has 2 N–H and O–H groups in total. The fraction of sp³-hybridized carbons (Fsp3) is 0.636. The smallest absolute Gasteiger partial charge is 0.225 e. The molecule has 0 aromatic heterocycles. The molecule has 1 amide bonds. The van der Waals surface area contributed by atoms with Crippen LogP contribution in [0.15, 0.2) is 23.2 Å². The van der Waals surface area contributed by atoms with Crippen LogP contribution in [0.3, 0.4) is 0 Å². The molecule has 0 radical (unpaired) electrons. The summed E-state index contributed by atoms with van der Waals surface area (Å²) in [5, 5.41) is 6.86. The number of carbonyl (C=O) groups is 1. The lowest BCUT2D eigenvalue weighted by Crippen LogP contribution is -2.45. The van der Waals surface area contributed by atoms with Crippen molar-refractivity contribution in [1.29, 1.82) is 0 Å². The second-order valence-corrected chi connectivity index (χ2v) is 8.25. The predicted molar refractivity (Wildman–Crippen MR) is 131 cm³/mol. The number of nitrogens with zero attached hydrogens (tertiary/aromatic N) is 3. The standard InChI is InChI=1S/C22H35N5O.HI/c1-5-23-22(25-19-10-12-27(15-19)21(28)16(2)3)24-14-17-8-9-20-18(13-17)7-6-11-26(20)4;/h8-9,13,16,19H,5-7,10-12,14-15H2,1-4H3,(H2,23,24,25);1H. The molecule has 0 aliphatic carbocycles. The number of carbonyl (C=O) groups excluding carboxylic acids is 1. The van der Waals surface area contributed by atoms with Crippen molar-refractivity contribution in [2.75, 3.05) is 38.1 Å². The number of halogens is 1. The zero-order valence-corrected chi connectivity index (χ0v) is 20.5. The van der Waals surface area contributed by atoms with Crippen molar-refractivity contribution >= 4 is 41.5 Å². The Morgan fingerprint density at radius 1 is 1.31 bits per heavy atom. The zero-order chi connectivity index (χ0) is 20.1. The fourth-order valence-corrected chi connectivity index (χ4v) is 4.06. The van der Waals surface area contributed by atoms with Gasteiger partial charge in [0.1, 0.15) is 0 Å². The molecule has 2 heterocycles. The normalized spacial score (nSPS) is 19.1. The van der Waals surface area contributed by atoms with Crippen LogP contribution < -0.4 is 15.5 Å². The average molecular weight is 513 g/mol. The van der Waals surface area contributed by atoms with E-state index in [1.165, 1.54) is 23.2 Å². The molecule has 6 nitrogen and oxygen atoms in total. The number of guanidine groups is 1. The van der Waals surface area contributed by atoms with Crippen LogP contribution in [-0.2, 0) is 17.8 Å². The van der Waals surface area contributed by atoms with Gasteiger partial charge in [-0.05, 0) is 43.4 Å². The molecule has 162 valence electrons. The van der Waals surface area contributed by atoms with E-state index in [9.17, 15) is 4.79 Å². The highest BCUT2D eigenvalue weighted by molar-refractivity contribution is 14.0. The van der Waals surface area contributed by atoms with E-state index in [-0.39, 0.29) is 41.8 Å². The first-order valence-corrected chi connectivity index (χ1v) is 10.6. The van der Waals surface area contributed by atoms with Gasteiger partial charge in [0.05, 0.1) is 6.54 Å². The van der Waals surface area contributed by atoms with Crippen molar-refractivity contribution in [2.24, 2.45) is 10.9 Å². The highest BCUT2D eigenvalue weighted by Gasteiger charge is 2.28. The van der Waals surface area contributed by atoms with E-state index in [0.717, 1.165) is 45.0 Å². The maximum Gasteiger partial charge on any atom is 0.225 e. The third-order valence-electron chi connectivity index (χ3n) is 5.59. The topological polar surface area (TPSA) is 60.0 Å². The van der Waals surface area contributed by atoms with Gasteiger partial charge in [0.25, 0.3) is 0 Å². The number of hydrogen-bond donors (Lipinski definition) is 2. The summed E-state index contributed by atoms with van der Waals surface area (Å²) in [5.41, 5.74) is 4.03. The van der Waals surface area contributed by atoms with E-state index < -0.39 is 0 Å². The maximum absolute atomic E-state index is 12.2. The first-order valence-electron chi connectivity index (χ1n) is 10.6. The van der Waals surface area contributed by atoms with Crippen molar-refractivity contribution in [3.05, 3.63) is 29.3 Å². The minimum absolute atomic E-state index is 0. The SMILES string of the molecule is CCNC(=NCc1ccc2c(c1)CCCN2C)NC1CCN(C(=O)C(C)C)C1.I. The maximum atomic E-state index is 12.2. The van der Waals surface area contributed by atoms with Gasteiger partial charge in [-0.1, -0.05) is 26.0 Å². The minimum Gasteiger partial charge on any atom is -0.374 e. The molecule has 0 saturated carbocycles. The molecule has 1 aromatic rings. The van der Waals surface area contributed by atoms with E-state index in [1.54, 1.807) is 0 Å². The van der Waals surface area contributed by atoms with Gasteiger partial charge in [0.15, 0.2) is 5.96 Å². The Hall–Kier alpha value is -1.51. The Labute approximate surface area is 192 Å². The molecule has 1 atom stereocenters. The summed E-state index contributed by atoms with van der Waals surface area (Å²) >= 11 is 0. The van der Waals surface area contributed by atoms with Crippen LogP contribution >= 0.6 is 24.0 Å². The number of anilines is 1. The number of hydrogen-bond acceptors (Lipinski definition) is 3. The van der Waals surface area contributed by atoms with Gasteiger partial charge in [0, 0.05) is 50.9 Å². The van der Waals surface area contributed by atoms with Crippen molar-refractivity contribution < 1.29 is 4.79 Å².